The highest BCUT2D eigenvalue weighted by Crippen LogP contribution is 2.13. The molecule has 0 aromatic carbocycles. The maximum Gasteiger partial charge on any atom is 0.128 e. The van der Waals surface area contributed by atoms with E-state index < -0.39 is 0 Å². The number of hydrogen-bond acceptors (Lipinski definition) is 3. The van der Waals surface area contributed by atoms with Gasteiger partial charge in [-0.3, -0.25) is 0 Å². The highest BCUT2D eigenvalue weighted by Gasteiger charge is 2.15. The van der Waals surface area contributed by atoms with Crippen molar-refractivity contribution in [1.82, 2.24) is 15.3 Å². The molecule has 0 radical (unpaired) electrons. The summed E-state index contributed by atoms with van der Waals surface area (Å²) in [6, 6.07) is 0. The summed E-state index contributed by atoms with van der Waals surface area (Å²) in [7, 11) is 0. The van der Waals surface area contributed by atoms with Gasteiger partial charge in [0.25, 0.3) is 0 Å². The molecule has 1 aliphatic heterocycles. The van der Waals surface area contributed by atoms with Gasteiger partial charge < -0.3 is 5.32 Å². The molecule has 1 atom stereocenters. The molecular formula is C13H21N3. The van der Waals surface area contributed by atoms with Gasteiger partial charge in [-0.25, -0.2) is 9.97 Å². The Morgan fingerprint density at radius 1 is 1.38 bits per heavy atom. The van der Waals surface area contributed by atoms with E-state index in [1.54, 1.807) is 0 Å². The Morgan fingerprint density at radius 2 is 2.12 bits per heavy atom. The third kappa shape index (κ3) is 3.27. The first-order chi connectivity index (χ1) is 7.74. The van der Waals surface area contributed by atoms with Gasteiger partial charge in [0.1, 0.15) is 5.82 Å². The van der Waals surface area contributed by atoms with Gasteiger partial charge in [-0.15, -0.1) is 0 Å². The molecule has 0 amide bonds. The molecule has 2 heterocycles. The van der Waals surface area contributed by atoms with Crippen LogP contribution < -0.4 is 5.32 Å². The largest absolute Gasteiger partial charge is 0.316 e. The number of rotatable bonds is 4. The molecule has 3 nitrogen and oxygen atoms in total. The van der Waals surface area contributed by atoms with Crippen molar-refractivity contribution in [2.75, 3.05) is 13.1 Å². The molecule has 3 heteroatoms. The lowest BCUT2D eigenvalue weighted by atomic mass is 10.0. The van der Waals surface area contributed by atoms with E-state index in [0.29, 0.717) is 5.92 Å². The van der Waals surface area contributed by atoms with Crippen molar-refractivity contribution in [2.45, 2.75) is 33.1 Å². The van der Waals surface area contributed by atoms with E-state index in [-0.39, 0.29) is 0 Å². The summed E-state index contributed by atoms with van der Waals surface area (Å²) in [5.41, 5.74) is 1.25. The summed E-state index contributed by atoms with van der Waals surface area (Å²) in [4.78, 5) is 8.91. The number of nitrogens with one attached hydrogen (secondary N) is 1. The summed E-state index contributed by atoms with van der Waals surface area (Å²) in [6.45, 7) is 6.71. The van der Waals surface area contributed by atoms with Crippen molar-refractivity contribution in [3.63, 3.8) is 0 Å². The van der Waals surface area contributed by atoms with Crippen LogP contribution in [0.4, 0.5) is 0 Å². The van der Waals surface area contributed by atoms with E-state index in [2.05, 4.69) is 29.1 Å². The van der Waals surface area contributed by atoms with Crippen LogP contribution in [0.1, 0.15) is 31.7 Å². The van der Waals surface area contributed by atoms with E-state index in [1.165, 1.54) is 12.0 Å². The van der Waals surface area contributed by atoms with Crippen LogP contribution in [0.3, 0.4) is 0 Å². The zero-order valence-corrected chi connectivity index (χ0v) is 10.2. The van der Waals surface area contributed by atoms with Crippen LogP contribution in [0.25, 0.3) is 0 Å². The molecule has 0 bridgehead atoms. The van der Waals surface area contributed by atoms with E-state index in [1.807, 2.05) is 12.4 Å². The molecule has 1 aliphatic rings. The molecule has 1 aromatic heterocycles. The van der Waals surface area contributed by atoms with E-state index >= 15 is 0 Å². The van der Waals surface area contributed by atoms with Crippen molar-refractivity contribution in [3.05, 3.63) is 23.8 Å². The Labute approximate surface area is 97.7 Å². The minimum atomic E-state index is 0.675. The fourth-order valence-electron chi connectivity index (χ4n) is 2.21. The van der Waals surface area contributed by atoms with E-state index in [0.717, 1.165) is 37.7 Å². The SMILES string of the molecule is CC(C)Cc1cnc(CC2CCNC2)nc1. The van der Waals surface area contributed by atoms with Crippen LogP contribution in [0.15, 0.2) is 12.4 Å². The van der Waals surface area contributed by atoms with Crippen LogP contribution in [0.5, 0.6) is 0 Å². The third-order valence-electron chi connectivity index (χ3n) is 3.04. The van der Waals surface area contributed by atoms with Crippen LogP contribution in [0.2, 0.25) is 0 Å². The van der Waals surface area contributed by atoms with E-state index in [4.69, 9.17) is 0 Å². The third-order valence-corrected chi connectivity index (χ3v) is 3.04. The minimum Gasteiger partial charge on any atom is -0.316 e. The topological polar surface area (TPSA) is 37.8 Å². The lowest BCUT2D eigenvalue weighted by molar-refractivity contribution is 0.559. The number of hydrogen-bond donors (Lipinski definition) is 1. The average molecular weight is 219 g/mol. The average Bonchev–Trinajstić information content (AvgIpc) is 2.73. The molecule has 88 valence electrons. The Kier molecular flexibility index (Phi) is 3.88. The summed E-state index contributed by atoms with van der Waals surface area (Å²) in [6.07, 6.45) is 7.34. The lowest BCUT2D eigenvalue weighted by Gasteiger charge is -2.08. The van der Waals surface area contributed by atoms with Crippen LogP contribution in [0, 0.1) is 11.8 Å². The lowest BCUT2D eigenvalue weighted by Crippen LogP contribution is -2.12. The summed E-state index contributed by atoms with van der Waals surface area (Å²) in [5, 5.41) is 3.37. The normalized spacial score (nSPS) is 20.6. The highest BCUT2D eigenvalue weighted by atomic mass is 14.9. The quantitative estimate of drug-likeness (QED) is 0.839. The first kappa shape index (κ1) is 11.5. The summed E-state index contributed by atoms with van der Waals surface area (Å²) >= 11 is 0. The molecule has 1 fully saturated rings. The fraction of sp³-hybridized carbons (Fsp3) is 0.692. The Bertz CT molecular complexity index is 312. The molecule has 0 saturated carbocycles. The molecule has 1 saturated heterocycles. The summed E-state index contributed by atoms with van der Waals surface area (Å²) < 4.78 is 0. The molecule has 2 rings (SSSR count). The standard InChI is InChI=1S/C13H21N3/c1-10(2)5-12-8-15-13(16-9-12)6-11-3-4-14-7-11/h8-11,14H,3-7H2,1-2H3. The predicted octanol–water partition coefficient (Wildman–Crippen LogP) is 1.83. The van der Waals surface area contributed by atoms with Crippen LogP contribution >= 0.6 is 0 Å². The van der Waals surface area contributed by atoms with Gasteiger partial charge in [0.15, 0.2) is 0 Å². The van der Waals surface area contributed by atoms with Gasteiger partial charge in [0.05, 0.1) is 0 Å². The zero-order chi connectivity index (χ0) is 11.4. The zero-order valence-electron chi connectivity index (χ0n) is 10.2. The van der Waals surface area contributed by atoms with Crippen molar-refractivity contribution in [2.24, 2.45) is 11.8 Å². The van der Waals surface area contributed by atoms with Gasteiger partial charge in [-0.05, 0) is 43.3 Å². The molecule has 0 spiro atoms. The van der Waals surface area contributed by atoms with Crippen molar-refractivity contribution in [1.29, 1.82) is 0 Å². The first-order valence-electron chi connectivity index (χ1n) is 6.24. The second kappa shape index (κ2) is 5.39. The van der Waals surface area contributed by atoms with E-state index in [9.17, 15) is 0 Å². The van der Waals surface area contributed by atoms with Crippen molar-refractivity contribution in [3.8, 4) is 0 Å². The molecule has 1 aromatic rings. The first-order valence-corrected chi connectivity index (χ1v) is 6.24. The van der Waals surface area contributed by atoms with Gasteiger partial charge in [-0.1, -0.05) is 13.8 Å². The minimum absolute atomic E-state index is 0.675. The van der Waals surface area contributed by atoms with Crippen molar-refractivity contribution < 1.29 is 0 Å². The fourth-order valence-corrected chi connectivity index (χ4v) is 2.21. The van der Waals surface area contributed by atoms with Crippen LogP contribution in [-0.2, 0) is 12.8 Å². The molecule has 1 unspecified atom stereocenters. The van der Waals surface area contributed by atoms with Gasteiger partial charge in [0, 0.05) is 18.8 Å². The highest BCUT2D eigenvalue weighted by molar-refractivity contribution is 5.06. The Morgan fingerprint density at radius 3 is 2.69 bits per heavy atom. The monoisotopic (exact) mass is 219 g/mol. The Balaban J connectivity index is 1.90. The number of nitrogens with zero attached hydrogens (tertiary/aromatic N) is 2. The van der Waals surface area contributed by atoms with Crippen LogP contribution in [-0.4, -0.2) is 23.1 Å². The number of aromatic nitrogens is 2. The van der Waals surface area contributed by atoms with Crippen molar-refractivity contribution >= 4 is 0 Å². The molecule has 0 aliphatic carbocycles. The Hall–Kier alpha value is -0.960. The van der Waals surface area contributed by atoms with Gasteiger partial charge in [0.2, 0.25) is 0 Å². The van der Waals surface area contributed by atoms with Gasteiger partial charge >= 0.3 is 0 Å². The maximum absolute atomic E-state index is 4.46. The smallest absolute Gasteiger partial charge is 0.128 e. The molecule has 16 heavy (non-hydrogen) atoms. The second-order valence-electron chi connectivity index (χ2n) is 5.17. The molecular weight excluding hydrogens is 198 g/mol. The molecule has 1 N–H and O–H groups in total. The second-order valence-corrected chi connectivity index (χ2v) is 5.17. The predicted molar refractivity (Wildman–Crippen MR) is 65.3 cm³/mol. The van der Waals surface area contributed by atoms with Gasteiger partial charge in [-0.2, -0.15) is 0 Å². The maximum atomic E-state index is 4.46. The summed E-state index contributed by atoms with van der Waals surface area (Å²) in [5.74, 6) is 2.41.